The van der Waals surface area contributed by atoms with Gasteiger partial charge in [0.15, 0.2) is 17.2 Å². The van der Waals surface area contributed by atoms with Crippen molar-refractivity contribution in [3.63, 3.8) is 0 Å². The molecule has 0 bridgehead atoms. The topological polar surface area (TPSA) is 245 Å². The molecule has 3 N–H and O–H groups in total. The second-order valence-corrected chi connectivity index (χ2v) is 12.4. The number of nitrogen functional groups attached to an aromatic ring is 1. The highest BCUT2D eigenvalue weighted by Crippen LogP contribution is 2.41. The molecule has 0 saturated carbocycles. The van der Waals surface area contributed by atoms with E-state index in [1.165, 1.54) is 30.8 Å². The molecule has 2 aliphatic rings. The van der Waals surface area contributed by atoms with E-state index in [4.69, 9.17) is 33.9 Å². The number of amides is 2. The van der Waals surface area contributed by atoms with Crippen LogP contribution in [0.2, 0.25) is 0 Å². The van der Waals surface area contributed by atoms with E-state index in [1.807, 2.05) is 0 Å². The molecule has 1 fully saturated rings. The Bertz CT molecular complexity index is 1790. The fraction of sp³-hybridized carbons (Fsp3) is 0.367. The lowest BCUT2D eigenvalue weighted by Gasteiger charge is -2.49. The highest BCUT2D eigenvalue weighted by atomic mass is 32.2. The second kappa shape index (κ2) is 14.6. The average Bonchev–Trinajstić information content (AvgIpc) is 3.43. The largest absolute Gasteiger partial charge is 0.461 e. The molecule has 2 atom stereocenters. The van der Waals surface area contributed by atoms with Gasteiger partial charge in [-0.05, 0) is 39.0 Å². The van der Waals surface area contributed by atoms with Crippen LogP contribution in [0.25, 0.3) is 0 Å². The molecule has 0 unspecified atom stereocenters. The number of oxime groups is 1. The number of carbonyl (C=O) groups is 7. The molecule has 18 nitrogen and oxygen atoms in total. The van der Waals surface area contributed by atoms with Gasteiger partial charge < -0.3 is 39.3 Å². The van der Waals surface area contributed by atoms with Gasteiger partial charge in [-0.15, -0.1) is 11.8 Å². The molecule has 2 aliphatic heterocycles. The maximum Gasteiger partial charge on any atom is 0.365 e. The Morgan fingerprint density at radius 2 is 1.71 bits per heavy atom. The number of esters is 4. The molecular weight excluding hydrogens is 670 g/mol. The van der Waals surface area contributed by atoms with Crippen LogP contribution in [-0.2, 0) is 43.1 Å². The van der Waals surface area contributed by atoms with E-state index in [1.54, 1.807) is 20.8 Å². The number of β-lactam (4-membered cyclic amide) rings is 1. The highest BCUT2D eigenvalue weighted by Gasteiger charge is 2.55. The summed E-state index contributed by atoms with van der Waals surface area (Å²) in [6.07, 6.45) is 0.961. The van der Waals surface area contributed by atoms with Crippen LogP contribution < -0.4 is 20.5 Å². The predicted octanol–water partition coefficient (Wildman–Crippen LogP) is 1.23. The number of oxazole rings is 1. The molecule has 260 valence electrons. The monoisotopic (exact) mass is 701 g/mol. The number of ether oxygens (including phenoxy) is 4. The molecule has 0 spiro atoms. The van der Waals surface area contributed by atoms with E-state index in [0.717, 1.165) is 31.1 Å². The fourth-order valence-corrected chi connectivity index (χ4v) is 5.68. The van der Waals surface area contributed by atoms with E-state index >= 15 is 0 Å². The van der Waals surface area contributed by atoms with Gasteiger partial charge in [-0.3, -0.25) is 28.9 Å². The van der Waals surface area contributed by atoms with Crippen molar-refractivity contribution in [2.24, 2.45) is 5.16 Å². The summed E-state index contributed by atoms with van der Waals surface area (Å²) >= 11 is 1.19. The minimum Gasteiger partial charge on any atom is -0.461 e. The van der Waals surface area contributed by atoms with Crippen molar-refractivity contribution < 1.29 is 61.8 Å². The first kappa shape index (κ1) is 36.1. The number of hydrogen-bond donors (Lipinski definition) is 2. The van der Waals surface area contributed by atoms with Crippen molar-refractivity contribution in [2.45, 2.75) is 58.6 Å². The number of hydrogen-bond acceptors (Lipinski definition) is 17. The van der Waals surface area contributed by atoms with Crippen molar-refractivity contribution in [1.29, 1.82) is 0 Å². The van der Waals surface area contributed by atoms with Crippen molar-refractivity contribution in [2.75, 3.05) is 18.1 Å². The molecule has 49 heavy (non-hydrogen) atoms. The summed E-state index contributed by atoms with van der Waals surface area (Å²) < 4.78 is 25.5. The Hall–Kier alpha value is -5.72. The lowest BCUT2D eigenvalue weighted by atomic mass is 10.0. The lowest BCUT2D eigenvalue weighted by Crippen LogP contribution is -2.71. The van der Waals surface area contributed by atoms with Crippen molar-refractivity contribution in [1.82, 2.24) is 15.2 Å². The number of nitrogens with two attached hydrogens (primary N) is 1. The molecule has 1 saturated heterocycles. The van der Waals surface area contributed by atoms with Crippen LogP contribution in [0.1, 0.15) is 57.6 Å². The van der Waals surface area contributed by atoms with Gasteiger partial charge in [-0.1, -0.05) is 5.16 Å². The van der Waals surface area contributed by atoms with Gasteiger partial charge in [0.2, 0.25) is 0 Å². The summed E-state index contributed by atoms with van der Waals surface area (Å²) in [5.41, 5.74) is 3.81. The Balaban J connectivity index is 1.57. The van der Waals surface area contributed by atoms with Gasteiger partial charge >= 0.3 is 29.8 Å². The molecule has 1 aromatic carbocycles. The van der Waals surface area contributed by atoms with E-state index < -0.39 is 64.4 Å². The molecule has 2 aromatic rings. The summed E-state index contributed by atoms with van der Waals surface area (Å²) in [4.78, 5) is 97.4. The highest BCUT2D eigenvalue weighted by molar-refractivity contribution is 8.00. The summed E-state index contributed by atoms with van der Waals surface area (Å²) in [5, 5.41) is 5.37. The first-order valence-electron chi connectivity index (χ1n) is 14.3. The van der Waals surface area contributed by atoms with E-state index in [2.05, 4.69) is 15.5 Å². The summed E-state index contributed by atoms with van der Waals surface area (Å²) in [6.45, 7) is 8.11. The Morgan fingerprint density at radius 1 is 1.04 bits per heavy atom. The zero-order valence-electron chi connectivity index (χ0n) is 27.0. The van der Waals surface area contributed by atoms with Crippen molar-refractivity contribution in [3.05, 3.63) is 47.0 Å². The zero-order chi connectivity index (χ0) is 36.2. The fourth-order valence-electron chi connectivity index (χ4n) is 4.36. The van der Waals surface area contributed by atoms with E-state index in [9.17, 15) is 33.6 Å². The summed E-state index contributed by atoms with van der Waals surface area (Å²) in [6, 6.07) is 1.88. The third kappa shape index (κ3) is 8.80. The molecule has 0 radical (unpaired) electrons. The van der Waals surface area contributed by atoms with E-state index in [0.29, 0.717) is 5.57 Å². The van der Waals surface area contributed by atoms with Crippen LogP contribution in [0.3, 0.4) is 0 Å². The zero-order valence-corrected chi connectivity index (χ0v) is 27.8. The minimum atomic E-state index is -1.18. The first-order chi connectivity index (χ1) is 22.9. The Morgan fingerprint density at radius 3 is 2.31 bits per heavy atom. The quantitative estimate of drug-likeness (QED) is 0.0883. The van der Waals surface area contributed by atoms with Gasteiger partial charge in [0, 0.05) is 32.1 Å². The number of anilines is 1. The van der Waals surface area contributed by atoms with E-state index in [-0.39, 0.29) is 46.8 Å². The smallest absolute Gasteiger partial charge is 0.365 e. The predicted molar refractivity (Wildman–Crippen MR) is 166 cm³/mol. The number of aromatic nitrogens is 1. The van der Waals surface area contributed by atoms with Gasteiger partial charge in [0.1, 0.15) is 41.3 Å². The normalized spacial score (nSPS) is 17.3. The van der Waals surface area contributed by atoms with Gasteiger partial charge in [0.05, 0.1) is 5.56 Å². The maximum absolute atomic E-state index is 13.5. The Kier molecular flexibility index (Phi) is 10.8. The molecule has 4 rings (SSSR count). The number of benzene rings is 1. The van der Waals surface area contributed by atoms with Crippen LogP contribution in [0.15, 0.2) is 45.3 Å². The summed E-state index contributed by atoms with van der Waals surface area (Å²) in [5.74, 6) is -5.99. The molecule has 3 heterocycles. The van der Waals surface area contributed by atoms with Gasteiger partial charge in [-0.25, -0.2) is 9.59 Å². The van der Waals surface area contributed by atoms with Crippen LogP contribution in [0.5, 0.6) is 11.5 Å². The number of rotatable bonds is 10. The van der Waals surface area contributed by atoms with Crippen LogP contribution in [0, 0.1) is 0 Å². The maximum atomic E-state index is 13.5. The van der Waals surface area contributed by atoms with Crippen LogP contribution in [-0.4, -0.2) is 86.6 Å². The molecule has 19 heteroatoms. The standard InChI is InChI=1S/C30H31N5O13S/c1-13(36)43-10-17-12-49-26-22(25(40)35(26)23(17)28(42)47-30(4,5)6)33-24(39)21(18-11-44-29(31)32-18)34-48-27(41)16-7-8-19(45-14(2)37)20(9-16)46-15(3)38/h7-9,11,22,26H,10,12H2,1-6H3,(H2,31,32)(H,33,39)/t22-,26+/m0/s1. The lowest BCUT2D eigenvalue weighted by molar-refractivity contribution is -0.159. The van der Waals surface area contributed by atoms with Crippen LogP contribution in [0.4, 0.5) is 6.01 Å². The van der Waals surface area contributed by atoms with Crippen LogP contribution >= 0.6 is 11.8 Å². The van der Waals surface area contributed by atoms with Gasteiger partial charge in [0.25, 0.3) is 17.8 Å². The number of nitrogens with one attached hydrogen (secondary N) is 1. The molecule has 0 aliphatic carbocycles. The minimum absolute atomic E-state index is 0.102. The second-order valence-electron chi connectivity index (χ2n) is 11.3. The SMILES string of the molecule is CC(=O)OCC1=C(C(=O)OC(C)(C)C)N2C(=O)[C@H](NC(=O)C(=NOC(=O)c3ccc(OC(C)=O)c(OC(C)=O)c3)c3coc(N)n3)[C@H]2SC1. The first-order valence-corrected chi connectivity index (χ1v) is 15.4. The molecule has 1 aromatic heterocycles. The number of carbonyl (C=O) groups excluding carboxylic acids is 7. The molecule has 2 amide bonds. The average molecular weight is 702 g/mol. The number of fused-ring (bicyclic) bond motifs is 1. The van der Waals surface area contributed by atoms with Gasteiger partial charge in [-0.2, -0.15) is 4.98 Å². The number of thioether (sulfide) groups is 1. The van der Waals surface area contributed by atoms with Crippen molar-refractivity contribution >= 4 is 65.1 Å². The summed E-state index contributed by atoms with van der Waals surface area (Å²) in [7, 11) is 0. The van der Waals surface area contributed by atoms with Crippen molar-refractivity contribution in [3.8, 4) is 11.5 Å². The Labute approximate surface area is 282 Å². The third-order valence-electron chi connectivity index (χ3n) is 6.26. The third-order valence-corrected chi connectivity index (χ3v) is 7.60. The number of nitrogens with zero attached hydrogens (tertiary/aromatic N) is 3. The molecular formula is C30H31N5O13S.